The minimum absolute atomic E-state index is 0.0995. The van der Waals surface area contributed by atoms with Gasteiger partial charge in [-0.1, -0.05) is 12.1 Å². The summed E-state index contributed by atoms with van der Waals surface area (Å²) in [5.74, 6) is -0.577. The van der Waals surface area contributed by atoms with Crippen molar-refractivity contribution >= 4 is 27.7 Å². The van der Waals surface area contributed by atoms with Crippen LogP contribution >= 0.6 is 0 Å². The van der Waals surface area contributed by atoms with Crippen molar-refractivity contribution in [3.05, 3.63) is 77.2 Å². The summed E-state index contributed by atoms with van der Waals surface area (Å²) in [5.41, 5.74) is 1.13. The number of hydrogen-bond acceptors (Lipinski definition) is 3. The van der Waals surface area contributed by atoms with Gasteiger partial charge in [-0.25, -0.2) is 9.37 Å². The van der Waals surface area contributed by atoms with Crippen LogP contribution in [-0.4, -0.2) is 26.6 Å². The molecule has 0 saturated heterocycles. The zero-order valence-corrected chi connectivity index (χ0v) is 14.4. The first-order chi connectivity index (χ1) is 13.1. The Bertz CT molecular complexity index is 1200. The number of nitrogens with zero attached hydrogens (tertiary/aromatic N) is 3. The molecular formula is C20H17FN4O2. The van der Waals surface area contributed by atoms with Crippen molar-refractivity contribution in [3.63, 3.8) is 0 Å². The largest absolute Gasteiger partial charge is 0.353 e. The Morgan fingerprint density at radius 3 is 2.85 bits per heavy atom. The summed E-state index contributed by atoms with van der Waals surface area (Å²) in [6.45, 7) is 0.774. The molecule has 2 heterocycles. The van der Waals surface area contributed by atoms with Crippen LogP contribution in [0, 0.1) is 5.82 Å². The third kappa shape index (κ3) is 3.44. The van der Waals surface area contributed by atoms with Gasteiger partial charge in [-0.3, -0.25) is 14.2 Å². The monoisotopic (exact) mass is 364 g/mol. The van der Waals surface area contributed by atoms with Gasteiger partial charge in [-0.2, -0.15) is 0 Å². The Balaban J connectivity index is 1.40. The van der Waals surface area contributed by atoms with Crippen LogP contribution in [0.25, 0.3) is 21.8 Å². The summed E-state index contributed by atoms with van der Waals surface area (Å²) in [6.07, 6.45) is 3.24. The molecule has 0 radical (unpaired) electrons. The molecule has 0 saturated carbocycles. The van der Waals surface area contributed by atoms with Crippen LogP contribution in [0.4, 0.5) is 4.39 Å². The van der Waals surface area contributed by atoms with Crippen LogP contribution < -0.4 is 10.9 Å². The molecule has 7 heteroatoms. The average Bonchev–Trinajstić information content (AvgIpc) is 3.06. The van der Waals surface area contributed by atoms with E-state index in [0.29, 0.717) is 24.0 Å². The van der Waals surface area contributed by atoms with E-state index in [1.54, 1.807) is 24.3 Å². The van der Waals surface area contributed by atoms with Gasteiger partial charge in [0.2, 0.25) is 5.91 Å². The quantitative estimate of drug-likeness (QED) is 0.591. The summed E-state index contributed by atoms with van der Waals surface area (Å²) in [5, 5.41) is 4.20. The van der Waals surface area contributed by atoms with E-state index in [9.17, 15) is 14.0 Å². The van der Waals surface area contributed by atoms with Crippen molar-refractivity contribution in [3.8, 4) is 0 Å². The molecule has 27 heavy (non-hydrogen) atoms. The number of aromatic nitrogens is 3. The highest BCUT2D eigenvalue weighted by Gasteiger charge is 2.08. The molecule has 2 aromatic heterocycles. The van der Waals surface area contributed by atoms with E-state index in [4.69, 9.17) is 0 Å². The Labute approximate surface area is 153 Å². The number of benzene rings is 2. The summed E-state index contributed by atoms with van der Waals surface area (Å²) < 4.78 is 16.6. The lowest BCUT2D eigenvalue weighted by molar-refractivity contribution is -0.121. The van der Waals surface area contributed by atoms with Crippen LogP contribution in [0.1, 0.15) is 0 Å². The fourth-order valence-electron chi connectivity index (χ4n) is 3.10. The first-order valence-electron chi connectivity index (χ1n) is 8.57. The van der Waals surface area contributed by atoms with Crippen molar-refractivity contribution in [1.29, 1.82) is 0 Å². The third-order valence-corrected chi connectivity index (χ3v) is 4.46. The highest BCUT2D eigenvalue weighted by Crippen LogP contribution is 2.16. The molecule has 2 aromatic carbocycles. The SMILES string of the molecule is O=C(Cn1cnc2ccccc2c1=O)NCCn1ccc2ccc(F)cc21. The third-order valence-electron chi connectivity index (χ3n) is 4.46. The fourth-order valence-corrected chi connectivity index (χ4v) is 3.10. The molecule has 0 atom stereocenters. The lowest BCUT2D eigenvalue weighted by atomic mass is 10.2. The highest BCUT2D eigenvalue weighted by atomic mass is 19.1. The molecule has 4 aromatic rings. The van der Waals surface area contributed by atoms with Crippen molar-refractivity contribution in [2.45, 2.75) is 13.1 Å². The van der Waals surface area contributed by atoms with Crippen LogP contribution in [-0.2, 0) is 17.9 Å². The highest BCUT2D eigenvalue weighted by molar-refractivity contribution is 5.80. The minimum Gasteiger partial charge on any atom is -0.353 e. The number of halogens is 1. The van der Waals surface area contributed by atoms with E-state index < -0.39 is 0 Å². The van der Waals surface area contributed by atoms with E-state index in [1.807, 2.05) is 22.9 Å². The van der Waals surface area contributed by atoms with Gasteiger partial charge in [0.1, 0.15) is 12.4 Å². The van der Waals surface area contributed by atoms with E-state index in [-0.39, 0.29) is 23.8 Å². The standard InChI is InChI=1S/C20H17FN4O2/c21-15-6-5-14-7-9-24(18(14)11-15)10-8-22-19(26)12-25-13-23-17-4-2-1-3-16(17)20(25)27/h1-7,9,11,13H,8,10,12H2,(H,22,26). The van der Waals surface area contributed by atoms with E-state index in [1.165, 1.54) is 23.0 Å². The van der Waals surface area contributed by atoms with Gasteiger partial charge in [0.15, 0.2) is 0 Å². The molecular weight excluding hydrogens is 347 g/mol. The van der Waals surface area contributed by atoms with E-state index in [2.05, 4.69) is 10.3 Å². The number of rotatable bonds is 5. The van der Waals surface area contributed by atoms with Crippen LogP contribution in [0.15, 0.2) is 65.8 Å². The molecule has 1 N–H and O–H groups in total. The molecule has 0 aliphatic rings. The molecule has 0 spiro atoms. The van der Waals surface area contributed by atoms with E-state index >= 15 is 0 Å². The Hall–Kier alpha value is -3.48. The van der Waals surface area contributed by atoms with Crippen LogP contribution in [0.3, 0.4) is 0 Å². The van der Waals surface area contributed by atoms with Crippen molar-refractivity contribution in [2.24, 2.45) is 0 Å². The molecule has 6 nitrogen and oxygen atoms in total. The van der Waals surface area contributed by atoms with Gasteiger partial charge >= 0.3 is 0 Å². The zero-order chi connectivity index (χ0) is 18.8. The maximum Gasteiger partial charge on any atom is 0.261 e. The topological polar surface area (TPSA) is 68.9 Å². The molecule has 4 rings (SSSR count). The molecule has 0 aliphatic carbocycles. The lowest BCUT2D eigenvalue weighted by Crippen LogP contribution is -2.34. The van der Waals surface area contributed by atoms with Gasteiger partial charge in [0.05, 0.1) is 22.7 Å². The number of fused-ring (bicyclic) bond motifs is 2. The molecule has 136 valence electrons. The van der Waals surface area contributed by atoms with Gasteiger partial charge < -0.3 is 9.88 Å². The number of para-hydroxylation sites is 1. The molecule has 0 bridgehead atoms. The first kappa shape index (κ1) is 17.0. The summed E-state index contributed by atoms with van der Waals surface area (Å²) in [6, 6.07) is 13.5. The normalized spacial score (nSPS) is 11.1. The predicted octanol–water partition coefficient (Wildman–Crippen LogP) is 2.31. The van der Waals surface area contributed by atoms with Gasteiger partial charge in [-0.05, 0) is 41.8 Å². The van der Waals surface area contributed by atoms with E-state index in [0.717, 1.165) is 10.9 Å². The number of amides is 1. The Kier molecular flexibility index (Phi) is 4.42. The van der Waals surface area contributed by atoms with Crippen LogP contribution in [0.2, 0.25) is 0 Å². The van der Waals surface area contributed by atoms with Crippen molar-refractivity contribution in [1.82, 2.24) is 19.4 Å². The molecule has 0 fully saturated rings. The van der Waals surface area contributed by atoms with Crippen molar-refractivity contribution in [2.75, 3.05) is 6.54 Å². The Morgan fingerprint density at radius 1 is 1.11 bits per heavy atom. The maximum atomic E-state index is 13.4. The second-order valence-electron chi connectivity index (χ2n) is 6.26. The summed E-state index contributed by atoms with van der Waals surface area (Å²) in [7, 11) is 0. The zero-order valence-electron chi connectivity index (χ0n) is 14.4. The fraction of sp³-hybridized carbons (Fsp3) is 0.150. The lowest BCUT2D eigenvalue weighted by Gasteiger charge is -2.09. The van der Waals surface area contributed by atoms with Gasteiger partial charge in [0, 0.05) is 19.3 Å². The van der Waals surface area contributed by atoms with Crippen molar-refractivity contribution < 1.29 is 9.18 Å². The molecule has 0 unspecified atom stereocenters. The number of carbonyl (C=O) groups excluding carboxylic acids is 1. The first-order valence-corrected chi connectivity index (χ1v) is 8.57. The number of carbonyl (C=O) groups is 1. The smallest absolute Gasteiger partial charge is 0.261 e. The van der Waals surface area contributed by atoms with Gasteiger partial charge in [-0.15, -0.1) is 0 Å². The molecule has 0 aliphatic heterocycles. The number of nitrogens with one attached hydrogen (secondary N) is 1. The summed E-state index contributed by atoms with van der Waals surface area (Å²) in [4.78, 5) is 28.8. The number of hydrogen-bond donors (Lipinski definition) is 1. The minimum atomic E-state index is -0.297. The average molecular weight is 364 g/mol. The Morgan fingerprint density at radius 2 is 1.96 bits per heavy atom. The second-order valence-corrected chi connectivity index (χ2v) is 6.26. The van der Waals surface area contributed by atoms with Crippen LogP contribution in [0.5, 0.6) is 0 Å². The second kappa shape index (κ2) is 7.03. The summed E-state index contributed by atoms with van der Waals surface area (Å²) >= 11 is 0. The maximum absolute atomic E-state index is 13.4. The predicted molar refractivity (Wildman–Crippen MR) is 101 cm³/mol. The molecule has 1 amide bonds. The van der Waals surface area contributed by atoms with Gasteiger partial charge in [0.25, 0.3) is 5.56 Å².